The van der Waals surface area contributed by atoms with Crippen LogP contribution in [-0.2, 0) is 11.8 Å². The number of aromatic nitrogens is 2. The lowest BCUT2D eigenvalue weighted by Crippen LogP contribution is -2.52. The summed E-state index contributed by atoms with van der Waals surface area (Å²) in [5.41, 5.74) is 0.639. The van der Waals surface area contributed by atoms with Crippen molar-refractivity contribution in [1.82, 2.24) is 19.4 Å². The zero-order valence-corrected chi connectivity index (χ0v) is 13.6. The average molecular weight is 324 g/mol. The molecule has 6 heteroatoms. The summed E-state index contributed by atoms with van der Waals surface area (Å²) in [6.07, 6.45) is 4.85. The monoisotopic (exact) mass is 324 g/mol. The Morgan fingerprint density at radius 1 is 1.25 bits per heavy atom. The Bertz CT molecular complexity index is 753. The summed E-state index contributed by atoms with van der Waals surface area (Å²) < 4.78 is 1.89. The fraction of sp³-hybridized carbons (Fsp3) is 0.278. The van der Waals surface area contributed by atoms with Crippen molar-refractivity contribution < 1.29 is 9.59 Å². The van der Waals surface area contributed by atoms with Crippen LogP contribution in [0.1, 0.15) is 22.2 Å². The van der Waals surface area contributed by atoms with Crippen molar-refractivity contribution in [2.75, 3.05) is 19.6 Å². The van der Waals surface area contributed by atoms with Gasteiger partial charge < -0.3 is 14.4 Å². The van der Waals surface area contributed by atoms with Gasteiger partial charge in [-0.3, -0.25) is 9.59 Å². The molecule has 2 heterocycles. The van der Waals surface area contributed by atoms with E-state index in [0.29, 0.717) is 25.2 Å². The van der Waals surface area contributed by atoms with Crippen LogP contribution in [0.25, 0.3) is 0 Å². The van der Waals surface area contributed by atoms with Crippen molar-refractivity contribution in [2.24, 2.45) is 7.05 Å². The third-order valence-electron chi connectivity index (χ3n) is 4.30. The van der Waals surface area contributed by atoms with Crippen LogP contribution in [0.3, 0.4) is 0 Å². The van der Waals surface area contributed by atoms with Crippen LogP contribution >= 0.6 is 0 Å². The van der Waals surface area contributed by atoms with Crippen LogP contribution in [0.4, 0.5) is 0 Å². The quantitative estimate of drug-likeness (QED) is 0.806. The van der Waals surface area contributed by atoms with Crippen molar-refractivity contribution in [3.8, 4) is 0 Å². The number of imidazole rings is 1. The van der Waals surface area contributed by atoms with Gasteiger partial charge in [0.2, 0.25) is 5.91 Å². The van der Waals surface area contributed by atoms with Crippen LogP contribution in [0.15, 0.2) is 55.4 Å². The Labute approximate surface area is 141 Å². The third kappa shape index (κ3) is 2.95. The minimum Gasteiger partial charge on any atom is -0.336 e. The molecule has 1 aliphatic heterocycles. The first-order chi connectivity index (χ1) is 11.6. The van der Waals surface area contributed by atoms with Gasteiger partial charge in [0, 0.05) is 44.6 Å². The zero-order chi connectivity index (χ0) is 17.1. The molecule has 1 saturated heterocycles. The minimum absolute atomic E-state index is 0.0469. The molecule has 1 unspecified atom stereocenters. The lowest BCUT2D eigenvalue weighted by molar-refractivity contribution is -0.128. The van der Waals surface area contributed by atoms with Crippen LogP contribution in [0.5, 0.6) is 0 Å². The molecule has 0 N–H and O–H groups in total. The Morgan fingerprint density at radius 2 is 2.00 bits per heavy atom. The van der Waals surface area contributed by atoms with Crippen molar-refractivity contribution in [3.05, 3.63) is 66.8 Å². The van der Waals surface area contributed by atoms with Gasteiger partial charge in [-0.25, -0.2) is 4.98 Å². The van der Waals surface area contributed by atoms with Gasteiger partial charge in [-0.05, 0) is 18.2 Å². The van der Waals surface area contributed by atoms with Crippen molar-refractivity contribution in [3.63, 3.8) is 0 Å². The molecule has 2 aromatic rings. The summed E-state index contributed by atoms with van der Waals surface area (Å²) >= 11 is 0. The first kappa shape index (κ1) is 16.0. The zero-order valence-electron chi connectivity index (χ0n) is 13.6. The summed E-state index contributed by atoms with van der Waals surface area (Å²) in [6.45, 7) is 4.91. The topological polar surface area (TPSA) is 58.4 Å². The number of hydrogen-bond acceptors (Lipinski definition) is 3. The lowest BCUT2D eigenvalue weighted by atomic mass is 10.1. The normalized spacial score (nSPS) is 17.6. The molecular weight excluding hydrogens is 304 g/mol. The number of carbonyl (C=O) groups excluding carboxylic acids is 2. The van der Waals surface area contributed by atoms with Gasteiger partial charge in [0.25, 0.3) is 5.91 Å². The van der Waals surface area contributed by atoms with Crippen LogP contribution in [-0.4, -0.2) is 50.8 Å². The third-order valence-corrected chi connectivity index (χ3v) is 4.30. The van der Waals surface area contributed by atoms with E-state index in [4.69, 9.17) is 0 Å². The van der Waals surface area contributed by atoms with Crippen molar-refractivity contribution in [2.45, 2.75) is 6.04 Å². The number of hydrogen-bond donors (Lipinski definition) is 0. The van der Waals surface area contributed by atoms with Gasteiger partial charge in [-0.2, -0.15) is 0 Å². The smallest absolute Gasteiger partial charge is 0.254 e. The molecule has 0 saturated carbocycles. The van der Waals surface area contributed by atoms with Crippen LogP contribution in [0, 0.1) is 0 Å². The van der Waals surface area contributed by atoms with Gasteiger partial charge in [-0.15, -0.1) is 0 Å². The maximum absolute atomic E-state index is 12.9. The maximum Gasteiger partial charge on any atom is 0.254 e. The summed E-state index contributed by atoms with van der Waals surface area (Å²) in [5.74, 6) is 0.594. The van der Waals surface area contributed by atoms with E-state index in [1.165, 1.54) is 6.08 Å². The van der Waals surface area contributed by atoms with Crippen molar-refractivity contribution >= 4 is 11.8 Å². The number of carbonyl (C=O) groups is 2. The number of aryl methyl sites for hydroxylation is 1. The Kier molecular flexibility index (Phi) is 4.46. The van der Waals surface area contributed by atoms with E-state index in [9.17, 15) is 9.59 Å². The molecule has 124 valence electrons. The second-order valence-electron chi connectivity index (χ2n) is 5.77. The standard InChI is InChI=1S/C18H20N4O2/c1-3-16(23)21-11-12-22(18(24)14-7-5-4-6-8-14)15(13-21)17-19-9-10-20(17)2/h3-10,15H,1,11-13H2,2H3. The molecule has 0 spiro atoms. The van der Waals surface area contributed by atoms with Gasteiger partial charge in [0.1, 0.15) is 11.9 Å². The van der Waals surface area contributed by atoms with E-state index >= 15 is 0 Å². The highest BCUT2D eigenvalue weighted by Gasteiger charge is 2.35. The molecule has 1 aromatic carbocycles. The molecule has 1 aromatic heterocycles. The minimum atomic E-state index is -0.282. The Balaban J connectivity index is 1.92. The predicted octanol–water partition coefficient (Wildman–Crippen LogP) is 1.63. The summed E-state index contributed by atoms with van der Waals surface area (Å²) in [7, 11) is 1.89. The van der Waals surface area contributed by atoms with E-state index < -0.39 is 0 Å². The van der Waals surface area contributed by atoms with Crippen LogP contribution in [0.2, 0.25) is 0 Å². The summed E-state index contributed by atoms with van der Waals surface area (Å²) in [5, 5.41) is 0. The van der Waals surface area contributed by atoms with Gasteiger partial charge in [0.15, 0.2) is 0 Å². The number of amides is 2. The fourth-order valence-corrected chi connectivity index (χ4v) is 3.02. The highest BCUT2D eigenvalue weighted by atomic mass is 16.2. The SMILES string of the molecule is C=CC(=O)N1CCN(C(=O)c2ccccc2)C(c2nccn2C)C1. The molecule has 3 rings (SSSR count). The molecule has 0 radical (unpaired) electrons. The highest BCUT2D eigenvalue weighted by Crippen LogP contribution is 2.26. The Morgan fingerprint density at radius 3 is 2.62 bits per heavy atom. The van der Waals surface area contributed by atoms with Gasteiger partial charge >= 0.3 is 0 Å². The second-order valence-corrected chi connectivity index (χ2v) is 5.77. The molecule has 1 fully saturated rings. The molecule has 0 bridgehead atoms. The van der Waals surface area contributed by atoms with E-state index in [1.807, 2.05) is 36.0 Å². The number of piperazine rings is 1. The predicted molar refractivity (Wildman–Crippen MR) is 90.2 cm³/mol. The largest absolute Gasteiger partial charge is 0.336 e. The molecule has 1 atom stereocenters. The summed E-state index contributed by atoms with van der Waals surface area (Å²) in [6, 6.07) is 8.91. The first-order valence-corrected chi connectivity index (χ1v) is 7.86. The van der Waals surface area contributed by atoms with E-state index in [2.05, 4.69) is 11.6 Å². The Hall–Kier alpha value is -2.89. The molecule has 0 aliphatic carbocycles. The highest BCUT2D eigenvalue weighted by molar-refractivity contribution is 5.95. The van der Waals surface area contributed by atoms with Crippen LogP contribution < -0.4 is 0 Å². The fourth-order valence-electron chi connectivity index (χ4n) is 3.02. The number of rotatable bonds is 3. The van der Waals surface area contributed by atoms with E-state index in [1.54, 1.807) is 28.1 Å². The van der Waals surface area contributed by atoms with Gasteiger partial charge in [-0.1, -0.05) is 24.8 Å². The maximum atomic E-state index is 12.9. The molecule has 6 nitrogen and oxygen atoms in total. The number of benzene rings is 1. The lowest BCUT2D eigenvalue weighted by Gasteiger charge is -2.40. The van der Waals surface area contributed by atoms with E-state index in [-0.39, 0.29) is 17.9 Å². The van der Waals surface area contributed by atoms with E-state index in [0.717, 1.165) is 5.82 Å². The van der Waals surface area contributed by atoms with Gasteiger partial charge in [0.05, 0.1) is 0 Å². The average Bonchev–Trinajstić information content (AvgIpc) is 3.06. The molecule has 1 aliphatic rings. The van der Waals surface area contributed by atoms with Crippen molar-refractivity contribution in [1.29, 1.82) is 0 Å². The molecule has 2 amide bonds. The summed E-state index contributed by atoms with van der Waals surface area (Å²) in [4.78, 5) is 32.8. The first-order valence-electron chi connectivity index (χ1n) is 7.86. The number of nitrogens with zero attached hydrogens (tertiary/aromatic N) is 4. The molecule has 24 heavy (non-hydrogen) atoms. The second kappa shape index (κ2) is 6.70. The molecular formula is C18H20N4O2.